The van der Waals surface area contributed by atoms with Gasteiger partial charge in [-0.3, -0.25) is 0 Å². The molecule has 0 amide bonds. The van der Waals surface area contributed by atoms with Gasteiger partial charge in [0.25, 0.3) is 0 Å². The average Bonchev–Trinajstić information content (AvgIpc) is 2.66. The molecule has 0 aromatic heterocycles. The molecule has 0 saturated carbocycles. The molecule has 1 heterocycles. The molecule has 1 aliphatic rings. The summed E-state index contributed by atoms with van der Waals surface area (Å²) >= 11 is 0. The zero-order valence-electron chi connectivity index (χ0n) is 9.26. The third-order valence-corrected chi connectivity index (χ3v) is 2.67. The molecule has 0 spiro atoms. The van der Waals surface area contributed by atoms with Gasteiger partial charge < -0.3 is 21.1 Å². The lowest BCUT2D eigenvalue weighted by atomic mass is 9.82. The lowest BCUT2D eigenvalue weighted by Gasteiger charge is -2.07. The standard InChI is InChI=1S/C8H19BN2O2.CO2/c10-5-8-4-7(6-11-8)2-1-3-9(12)13;2-1-3/h7-8,11-13H,1-6,10H2;/t7-,8+;/m1./s1. The van der Waals surface area contributed by atoms with Crippen molar-refractivity contribution >= 4 is 13.3 Å². The Kier molecular flexibility index (Phi) is 9.08. The van der Waals surface area contributed by atoms with Crippen molar-refractivity contribution in [2.45, 2.75) is 31.6 Å². The van der Waals surface area contributed by atoms with Crippen LogP contribution in [-0.4, -0.2) is 42.4 Å². The maximum Gasteiger partial charge on any atom is 0.451 e. The van der Waals surface area contributed by atoms with Crippen LogP contribution < -0.4 is 11.1 Å². The Morgan fingerprint density at radius 3 is 2.50 bits per heavy atom. The third kappa shape index (κ3) is 7.56. The molecule has 1 saturated heterocycles. The molecule has 0 aromatic carbocycles. The summed E-state index contributed by atoms with van der Waals surface area (Å²) in [6, 6.07) is 0.476. The molecule has 0 unspecified atom stereocenters. The van der Waals surface area contributed by atoms with E-state index >= 15 is 0 Å². The minimum Gasteiger partial charge on any atom is -0.427 e. The molecule has 2 atom stereocenters. The van der Waals surface area contributed by atoms with E-state index in [2.05, 4.69) is 5.32 Å². The normalized spacial score (nSPS) is 23.2. The first-order valence-electron chi connectivity index (χ1n) is 5.42. The lowest BCUT2D eigenvalue weighted by Crippen LogP contribution is -2.29. The van der Waals surface area contributed by atoms with Crippen LogP contribution in [0.4, 0.5) is 0 Å². The maximum atomic E-state index is 8.64. The molecule has 1 rings (SSSR count). The summed E-state index contributed by atoms with van der Waals surface area (Å²) in [4.78, 5) is 16.2. The Labute approximate surface area is 95.4 Å². The molecule has 0 aliphatic carbocycles. The molecule has 7 heteroatoms. The van der Waals surface area contributed by atoms with E-state index in [1.54, 1.807) is 0 Å². The van der Waals surface area contributed by atoms with Gasteiger partial charge in [0.2, 0.25) is 0 Å². The minimum absolute atomic E-state index is 0.250. The molecular weight excluding hydrogens is 211 g/mol. The van der Waals surface area contributed by atoms with E-state index in [-0.39, 0.29) is 6.15 Å². The van der Waals surface area contributed by atoms with Crippen molar-refractivity contribution in [3.05, 3.63) is 0 Å². The van der Waals surface area contributed by atoms with Crippen LogP contribution in [0.25, 0.3) is 0 Å². The topological polar surface area (TPSA) is 113 Å². The largest absolute Gasteiger partial charge is 0.451 e. The monoisotopic (exact) mass is 230 g/mol. The predicted molar refractivity (Wildman–Crippen MR) is 58.2 cm³/mol. The van der Waals surface area contributed by atoms with Crippen molar-refractivity contribution in [1.29, 1.82) is 0 Å². The summed E-state index contributed by atoms with van der Waals surface area (Å²) in [5, 5.41) is 20.6. The number of rotatable bonds is 5. The summed E-state index contributed by atoms with van der Waals surface area (Å²) in [6.45, 7) is 1.74. The Hall–Kier alpha value is -0.715. The quantitative estimate of drug-likeness (QED) is 0.432. The number of hydrogen-bond acceptors (Lipinski definition) is 6. The van der Waals surface area contributed by atoms with Gasteiger partial charge in [-0.15, -0.1) is 0 Å². The molecule has 1 fully saturated rings. The van der Waals surface area contributed by atoms with Crippen LogP contribution >= 0.6 is 0 Å². The Balaban J connectivity index is 0.000000673. The van der Waals surface area contributed by atoms with Crippen molar-refractivity contribution < 1.29 is 19.6 Å². The lowest BCUT2D eigenvalue weighted by molar-refractivity contribution is -0.191. The van der Waals surface area contributed by atoms with Crippen LogP contribution in [0.5, 0.6) is 0 Å². The number of nitrogens with one attached hydrogen (secondary N) is 1. The molecule has 0 bridgehead atoms. The van der Waals surface area contributed by atoms with Crippen molar-refractivity contribution in [3.63, 3.8) is 0 Å². The molecule has 0 radical (unpaired) electrons. The Morgan fingerprint density at radius 1 is 1.44 bits per heavy atom. The summed E-state index contributed by atoms with van der Waals surface area (Å²) in [7, 11) is -1.14. The summed E-state index contributed by atoms with van der Waals surface area (Å²) < 4.78 is 0. The molecule has 0 aromatic rings. The first kappa shape index (κ1) is 15.3. The minimum atomic E-state index is -1.14. The number of nitrogens with two attached hydrogens (primary N) is 1. The van der Waals surface area contributed by atoms with Crippen LogP contribution in [0.2, 0.25) is 6.32 Å². The molecule has 16 heavy (non-hydrogen) atoms. The smallest absolute Gasteiger partial charge is 0.427 e. The first-order chi connectivity index (χ1) is 7.63. The van der Waals surface area contributed by atoms with Crippen molar-refractivity contribution in [2.75, 3.05) is 13.1 Å². The highest BCUT2D eigenvalue weighted by Crippen LogP contribution is 2.19. The Morgan fingerprint density at radius 2 is 2.06 bits per heavy atom. The number of carbonyl (C=O) groups excluding carboxylic acids is 2. The first-order valence-corrected chi connectivity index (χ1v) is 5.42. The van der Waals surface area contributed by atoms with E-state index in [0.29, 0.717) is 24.8 Å². The van der Waals surface area contributed by atoms with E-state index in [9.17, 15) is 0 Å². The van der Waals surface area contributed by atoms with E-state index in [0.717, 1.165) is 25.8 Å². The summed E-state index contributed by atoms with van der Waals surface area (Å²) in [6.07, 6.45) is 3.84. The highest BCUT2D eigenvalue weighted by molar-refractivity contribution is 6.40. The van der Waals surface area contributed by atoms with E-state index in [4.69, 9.17) is 25.4 Å². The maximum absolute atomic E-state index is 8.64. The van der Waals surface area contributed by atoms with Gasteiger partial charge in [0.1, 0.15) is 0 Å². The predicted octanol–water partition coefficient (Wildman–Crippen LogP) is -1.41. The molecule has 1 aliphatic heterocycles. The van der Waals surface area contributed by atoms with Gasteiger partial charge in [0.15, 0.2) is 0 Å². The second-order valence-corrected chi connectivity index (χ2v) is 3.94. The third-order valence-electron chi connectivity index (χ3n) is 2.67. The highest BCUT2D eigenvalue weighted by atomic mass is 16.4. The van der Waals surface area contributed by atoms with E-state index in [1.165, 1.54) is 0 Å². The van der Waals surface area contributed by atoms with Crippen LogP contribution in [-0.2, 0) is 9.59 Å². The second-order valence-electron chi connectivity index (χ2n) is 3.94. The molecule has 92 valence electrons. The van der Waals surface area contributed by atoms with Crippen LogP contribution in [0.1, 0.15) is 19.3 Å². The van der Waals surface area contributed by atoms with Gasteiger partial charge in [0, 0.05) is 12.6 Å². The fourth-order valence-electron chi connectivity index (χ4n) is 1.89. The van der Waals surface area contributed by atoms with Crippen molar-refractivity contribution in [3.8, 4) is 0 Å². The van der Waals surface area contributed by atoms with Gasteiger partial charge in [-0.2, -0.15) is 9.59 Å². The second kappa shape index (κ2) is 9.51. The van der Waals surface area contributed by atoms with Gasteiger partial charge in [-0.05, 0) is 31.6 Å². The van der Waals surface area contributed by atoms with Gasteiger partial charge in [0.05, 0.1) is 0 Å². The van der Waals surface area contributed by atoms with Crippen LogP contribution in [0, 0.1) is 5.92 Å². The summed E-state index contributed by atoms with van der Waals surface area (Å²) in [5.74, 6) is 0.673. The molecular formula is C9H19BN2O4. The SMILES string of the molecule is NC[C@@H]1C[C@@H](CCCB(O)O)CN1.O=C=O. The van der Waals surface area contributed by atoms with Crippen LogP contribution in [0.3, 0.4) is 0 Å². The summed E-state index contributed by atoms with van der Waals surface area (Å²) in [5.41, 5.74) is 5.53. The average molecular weight is 230 g/mol. The fourth-order valence-corrected chi connectivity index (χ4v) is 1.89. The van der Waals surface area contributed by atoms with Crippen molar-refractivity contribution in [2.24, 2.45) is 11.7 Å². The molecule has 5 N–H and O–H groups in total. The number of hydrogen-bond donors (Lipinski definition) is 4. The zero-order chi connectivity index (χ0) is 12.4. The van der Waals surface area contributed by atoms with Crippen LogP contribution in [0.15, 0.2) is 0 Å². The van der Waals surface area contributed by atoms with Gasteiger partial charge in [-0.25, -0.2) is 0 Å². The van der Waals surface area contributed by atoms with E-state index in [1.807, 2.05) is 0 Å². The van der Waals surface area contributed by atoms with Gasteiger partial charge in [-0.1, -0.05) is 6.42 Å². The Bertz CT molecular complexity index is 210. The van der Waals surface area contributed by atoms with Gasteiger partial charge >= 0.3 is 13.3 Å². The molecule has 6 nitrogen and oxygen atoms in total. The highest BCUT2D eigenvalue weighted by Gasteiger charge is 2.22. The van der Waals surface area contributed by atoms with Crippen molar-refractivity contribution in [1.82, 2.24) is 5.32 Å². The van der Waals surface area contributed by atoms with E-state index < -0.39 is 7.12 Å². The fraction of sp³-hybridized carbons (Fsp3) is 0.889. The zero-order valence-corrected chi connectivity index (χ0v) is 9.26.